The minimum absolute atomic E-state index is 0.0811. The number of imidazole rings is 1. The molecule has 62 heavy (non-hydrogen) atoms. The van der Waals surface area contributed by atoms with Gasteiger partial charge in [0.15, 0.2) is 35.0 Å². The summed E-state index contributed by atoms with van der Waals surface area (Å²) in [4.78, 5) is 51.2. The number of aromatic amines is 1. The van der Waals surface area contributed by atoms with Gasteiger partial charge in [-0.25, -0.2) is 27.7 Å². The van der Waals surface area contributed by atoms with E-state index < -0.39 is 106 Å². The smallest absolute Gasteiger partial charge is 0.476 e. The standard InChI is InChI=1S/C35H44F2N8O15P2/c1-7-52-28-24-27(41-32(38)42-28)45(16-39-24)31-35(6,37)26-22(57-31)15-54-62(51,60-26)59-20-10-8-9-19(13-20)58-61(50,43-18(4)29(48)55-17(2)3)53-14-21-25(47)34(5,36)30(56-21)44-12-11-23(46)40-33(44)49/h8-13,16-18,21-22,25-26,30-31,47H,7,14-15H2,1-6H3,(H,43,50)(H2,38,41,42)(H,40,46,49). The van der Waals surface area contributed by atoms with Crippen molar-refractivity contribution < 1.29 is 69.4 Å². The van der Waals surface area contributed by atoms with E-state index in [-0.39, 0.29) is 41.1 Å². The Kier molecular flexibility index (Phi) is 12.4. The number of rotatable bonds is 15. The van der Waals surface area contributed by atoms with Crippen LogP contribution in [0.1, 0.15) is 54.0 Å². The molecular formula is C35H44F2N8O15P2. The number of nitrogens with zero attached hydrogens (tertiary/aromatic N) is 5. The fourth-order valence-corrected chi connectivity index (χ4v) is 9.88. The number of halogens is 2. The number of ether oxygens (including phenoxy) is 4. The second-order valence-electron chi connectivity index (χ2n) is 15.0. The van der Waals surface area contributed by atoms with Crippen molar-refractivity contribution >= 4 is 38.7 Å². The summed E-state index contributed by atoms with van der Waals surface area (Å²) in [6, 6.07) is 4.63. The average Bonchev–Trinajstić information content (AvgIpc) is 3.78. The fraction of sp³-hybridized carbons (Fsp3) is 0.543. The first-order chi connectivity index (χ1) is 29.1. The molecule has 7 rings (SSSR count). The van der Waals surface area contributed by atoms with Gasteiger partial charge in [-0.3, -0.25) is 37.3 Å². The molecule has 0 saturated carbocycles. The summed E-state index contributed by atoms with van der Waals surface area (Å²) in [5.41, 5.74) is -0.633. The Morgan fingerprint density at radius 3 is 2.56 bits per heavy atom. The number of aromatic nitrogens is 6. The number of phosphoric acid groups is 1. The monoisotopic (exact) mass is 916 g/mol. The SMILES string of the molecule is CCOc1nc(N)nc2c1ncn2C1OC2COP(=O)(Oc3cccc(OP(=O)(NC(C)C(=O)OC(C)C)OCC4OC(n5ccc(=O)[nH]c5=O)C(C)(F)C4O)c3)OC2C1(C)F. The average molecular weight is 917 g/mol. The van der Waals surface area contributed by atoms with Gasteiger partial charge in [-0.1, -0.05) is 6.07 Å². The van der Waals surface area contributed by atoms with Crippen molar-refractivity contribution in [3.8, 4) is 17.4 Å². The third-order valence-corrected chi connectivity index (χ3v) is 12.8. The summed E-state index contributed by atoms with van der Waals surface area (Å²) in [5, 5.41) is 13.3. The quantitative estimate of drug-likeness (QED) is 0.0984. The minimum atomic E-state index is -4.76. The molecule has 23 nitrogen and oxygen atoms in total. The number of aliphatic hydroxyl groups excluding tert-OH is 1. The number of H-pyrrole nitrogens is 1. The van der Waals surface area contributed by atoms with Gasteiger partial charge in [-0.15, -0.1) is 0 Å². The van der Waals surface area contributed by atoms with Gasteiger partial charge in [-0.05, 0) is 53.7 Å². The van der Waals surface area contributed by atoms with Gasteiger partial charge in [0.25, 0.3) is 5.56 Å². The lowest BCUT2D eigenvalue weighted by atomic mass is 9.98. The van der Waals surface area contributed by atoms with Gasteiger partial charge in [0, 0.05) is 18.3 Å². The molecular weight excluding hydrogens is 872 g/mol. The molecule has 3 aliphatic rings. The van der Waals surface area contributed by atoms with E-state index in [1.807, 2.05) is 4.98 Å². The summed E-state index contributed by atoms with van der Waals surface area (Å²) in [7, 11) is -9.39. The van der Waals surface area contributed by atoms with Crippen molar-refractivity contribution in [2.45, 2.75) is 102 Å². The van der Waals surface area contributed by atoms with Crippen LogP contribution >= 0.6 is 15.6 Å². The second-order valence-corrected chi connectivity index (χ2v) is 18.3. The lowest BCUT2D eigenvalue weighted by Crippen LogP contribution is -2.45. The summed E-state index contributed by atoms with van der Waals surface area (Å²) in [6.45, 7) is 7.29. The maximum Gasteiger partial charge on any atom is 0.530 e. The minimum Gasteiger partial charge on any atom is -0.476 e. The van der Waals surface area contributed by atoms with Crippen LogP contribution in [0.25, 0.3) is 11.2 Å². The molecule has 1 aromatic carbocycles. The summed E-state index contributed by atoms with van der Waals surface area (Å²) in [6.07, 6.45) is -7.65. The predicted molar refractivity (Wildman–Crippen MR) is 209 cm³/mol. The van der Waals surface area contributed by atoms with E-state index in [1.54, 1.807) is 20.8 Å². The topological polar surface area (TPSA) is 291 Å². The zero-order valence-corrected chi connectivity index (χ0v) is 35.7. The van der Waals surface area contributed by atoms with Gasteiger partial charge >= 0.3 is 27.2 Å². The highest BCUT2D eigenvalue weighted by Gasteiger charge is 2.62. The van der Waals surface area contributed by atoms with Crippen molar-refractivity contribution in [2.75, 3.05) is 25.6 Å². The molecule has 0 spiro atoms. The van der Waals surface area contributed by atoms with E-state index in [1.165, 1.54) is 42.9 Å². The van der Waals surface area contributed by atoms with E-state index in [4.69, 9.17) is 47.3 Å². The normalized spacial score (nSPS) is 31.1. The number of esters is 1. The number of alkyl halides is 2. The number of fused-ring (bicyclic) bond motifs is 2. The number of nitrogens with one attached hydrogen (secondary N) is 2. The molecule has 3 saturated heterocycles. The summed E-state index contributed by atoms with van der Waals surface area (Å²) < 4.78 is 113. The number of aliphatic hydroxyl groups is 1. The number of hydrogen-bond acceptors (Lipinski definition) is 19. The van der Waals surface area contributed by atoms with E-state index >= 15 is 8.78 Å². The van der Waals surface area contributed by atoms with Gasteiger partial charge < -0.3 is 38.8 Å². The highest BCUT2D eigenvalue weighted by atomic mass is 31.2. The Bertz CT molecular complexity index is 2540. The zero-order chi connectivity index (χ0) is 44.9. The molecule has 0 radical (unpaired) electrons. The van der Waals surface area contributed by atoms with E-state index in [2.05, 4.69) is 20.0 Å². The van der Waals surface area contributed by atoms with Gasteiger partial charge in [0.1, 0.15) is 42.0 Å². The number of anilines is 1. The van der Waals surface area contributed by atoms with E-state index in [0.29, 0.717) is 0 Å². The molecule has 11 atom stereocenters. The van der Waals surface area contributed by atoms with Gasteiger partial charge in [0.05, 0.1) is 32.3 Å². The first-order valence-corrected chi connectivity index (χ1v) is 22.1. The molecule has 3 fully saturated rings. The van der Waals surface area contributed by atoms with Gasteiger partial charge in [-0.2, -0.15) is 15.1 Å². The number of hydrogen-bond donors (Lipinski definition) is 4. The Labute approximate surface area is 350 Å². The third kappa shape index (κ3) is 8.99. The molecule has 0 aliphatic carbocycles. The van der Waals surface area contributed by atoms with Crippen LogP contribution in [0.3, 0.4) is 0 Å². The van der Waals surface area contributed by atoms with Crippen LogP contribution in [0.15, 0.2) is 52.4 Å². The molecule has 4 aromatic rings. The number of carbonyl (C=O) groups is 1. The zero-order valence-electron chi connectivity index (χ0n) is 33.9. The fourth-order valence-electron chi connectivity index (χ4n) is 6.91. The largest absolute Gasteiger partial charge is 0.530 e. The molecule has 0 bridgehead atoms. The van der Waals surface area contributed by atoms with E-state index in [9.17, 15) is 28.6 Å². The maximum atomic E-state index is 16.8. The second kappa shape index (κ2) is 17.0. The molecule has 6 heterocycles. The molecule has 5 N–H and O–H groups in total. The van der Waals surface area contributed by atoms with Gasteiger partial charge in [0.2, 0.25) is 11.8 Å². The van der Waals surface area contributed by atoms with Crippen LogP contribution in [-0.4, -0.2) is 108 Å². The highest BCUT2D eigenvalue weighted by molar-refractivity contribution is 7.52. The van der Waals surface area contributed by atoms with Crippen molar-refractivity contribution in [3.05, 3.63) is 63.7 Å². The molecule has 338 valence electrons. The number of nitrogens with two attached hydrogens (primary N) is 1. The predicted octanol–water partition coefficient (Wildman–Crippen LogP) is 3.01. The lowest BCUT2D eigenvalue weighted by molar-refractivity contribution is -0.149. The van der Waals surface area contributed by atoms with Crippen LogP contribution < -0.4 is 35.9 Å². The Morgan fingerprint density at radius 2 is 1.85 bits per heavy atom. The van der Waals surface area contributed by atoms with Crippen LogP contribution in [0.2, 0.25) is 0 Å². The van der Waals surface area contributed by atoms with E-state index in [0.717, 1.165) is 29.8 Å². The molecule has 0 amide bonds. The number of nitrogen functional groups attached to an aromatic ring is 1. The van der Waals surface area contributed by atoms with Crippen molar-refractivity contribution in [3.63, 3.8) is 0 Å². The van der Waals surface area contributed by atoms with Crippen molar-refractivity contribution in [1.29, 1.82) is 0 Å². The first kappa shape index (κ1) is 45.2. The van der Waals surface area contributed by atoms with Crippen LogP contribution in [-0.2, 0) is 41.7 Å². The number of carbonyl (C=O) groups excluding carboxylic acids is 1. The molecule has 27 heteroatoms. The Balaban J connectivity index is 1.08. The third-order valence-electron chi connectivity index (χ3n) is 9.80. The number of benzene rings is 1. The molecule has 3 aliphatic heterocycles. The Morgan fingerprint density at radius 1 is 1.13 bits per heavy atom. The molecule has 11 unspecified atom stereocenters. The van der Waals surface area contributed by atoms with Crippen molar-refractivity contribution in [2.24, 2.45) is 0 Å². The first-order valence-electron chi connectivity index (χ1n) is 19.1. The van der Waals surface area contributed by atoms with Crippen molar-refractivity contribution in [1.82, 2.24) is 34.2 Å². The maximum absolute atomic E-state index is 16.8. The summed E-state index contributed by atoms with van der Waals surface area (Å²) in [5.74, 6) is -1.45. The Hall–Kier alpha value is -4.84. The van der Waals surface area contributed by atoms with Crippen LogP contribution in [0.4, 0.5) is 14.7 Å². The molecule has 3 aromatic heterocycles. The number of phosphoric ester groups is 1. The van der Waals surface area contributed by atoms with Crippen LogP contribution in [0.5, 0.6) is 17.4 Å². The van der Waals surface area contributed by atoms with Crippen LogP contribution in [0, 0.1) is 0 Å². The highest BCUT2D eigenvalue weighted by Crippen LogP contribution is 2.60. The summed E-state index contributed by atoms with van der Waals surface area (Å²) >= 11 is 0. The lowest BCUT2D eigenvalue weighted by Gasteiger charge is -2.33.